The molecule has 1 fully saturated rings. The highest BCUT2D eigenvalue weighted by Gasteiger charge is 2.40. The van der Waals surface area contributed by atoms with Gasteiger partial charge in [-0.2, -0.15) is 0 Å². The van der Waals surface area contributed by atoms with Crippen LogP contribution in [0.4, 0.5) is 4.79 Å². The molecule has 0 radical (unpaired) electrons. The van der Waals surface area contributed by atoms with Crippen molar-refractivity contribution in [3.05, 3.63) is 34.9 Å². The summed E-state index contributed by atoms with van der Waals surface area (Å²) in [7, 11) is 1.59. The van der Waals surface area contributed by atoms with E-state index in [9.17, 15) is 14.7 Å². The molecule has 1 aliphatic rings. The normalized spacial score (nSPS) is 21.4. The van der Waals surface area contributed by atoms with E-state index >= 15 is 0 Å². The molecule has 114 valence electrons. The number of aliphatic carboxylic acids is 1. The second-order valence-corrected chi connectivity index (χ2v) is 5.60. The largest absolute Gasteiger partial charge is 0.480 e. The van der Waals surface area contributed by atoms with Gasteiger partial charge in [0.25, 0.3) is 0 Å². The maximum absolute atomic E-state index is 12.3. The smallest absolute Gasteiger partial charge is 0.326 e. The van der Waals surface area contributed by atoms with Crippen molar-refractivity contribution >= 4 is 23.6 Å². The lowest BCUT2D eigenvalue weighted by Gasteiger charge is -2.27. The minimum Gasteiger partial charge on any atom is -0.480 e. The number of urea groups is 1. The number of nitrogens with zero attached hydrogens (tertiary/aromatic N) is 2. The Labute approximate surface area is 127 Å². The van der Waals surface area contributed by atoms with E-state index in [0.29, 0.717) is 11.6 Å². The van der Waals surface area contributed by atoms with Crippen LogP contribution in [0, 0.1) is 0 Å². The SMILES string of the molecule is CN(Cc1cccc(Cl)c1)C(=O)N1C[C@H](O)C[C@@H]1C(=O)O. The highest BCUT2D eigenvalue weighted by molar-refractivity contribution is 6.30. The number of rotatable bonds is 3. The van der Waals surface area contributed by atoms with Gasteiger partial charge in [-0.05, 0) is 17.7 Å². The Kier molecular flexibility index (Phi) is 4.69. The van der Waals surface area contributed by atoms with Crippen molar-refractivity contribution in [1.29, 1.82) is 0 Å². The Bertz CT molecular complexity index is 552. The Morgan fingerprint density at radius 2 is 2.19 bits per heavy atom. The van der Waals surface area contributed by atoms with Gasteiger partial charge in [-0.3, -0.25) is 0 Å². The van der Waals surface area contributed by atoms with Crippen LogP contribution in [0.1, 0.15) is 12.0 Å². The second-order valence-electron chi connectivity index (χ2n) is 5.16. The molecule has 21 heavy (non-hydrogen) atoms. The number of aliphatic hydroxyl groups excluding tert-OH is 1. The highest BCUT2D eigenvalue weighted by Crippen LogP contribution is 2.20. The number of carboxylic acid groups (broad SMARTS) is 1. The van der Waals surface area contributed by atoms with Gasteiger partial charge in [0.15, 0.2) is 0 Å². The van der Waals surface area contributed by atoms with Crippen molar-refractivity contribution in [2.24, 2.45) is 0 Å². The van der Waals surface area contributed by atoms with Crippen molar-refractivity contribution in [2.45, 2.75) is 25.1 Å². The minimum absolute atomic E-state index is 0.0374. The van der Waals surface area contributed by atoms with Crippen LogP contribution in [0.25, 0.3) is 0 Å². The fourth-order valence-electron chi connectivity index (χ4n) is 2.46. The zero-order valence-corrected chi connectivity index (χ0v) is 12.3. The number of likely N-dealkylation sites (tertiary alicyclic amines) is 1. The molecule has 0 bridgehead atoms. The Balaban J connectivity index is 2.06. The Morgan fingerprint density at radius 1 is 1.48 bits per heavy atom. The first-order valence-electron chi connectivity index (χ1n) is 6.55. The van der Waals surface area contributed by atoms with E-state index in [1.807, 2.05) is 6.07 Å². The lowest BCUT2D eigenvalue weighted by molar-refractivity contribution is -0.141. The van der Waals surface area contributed by atoms with Gasteiger partial charge in [-0.25, -0.2) is 9.59 Å². The standard InChI is InChI=1S/C14H17ClN2O4/c1-16(7-9-3-2-4-10(15)5-9)14(21)17-8-11(18)6-12(17)13(19)20/h2-5,11-12,18H,6-8H2,1H3,(H,19,20)/t11-,12-/m1/s1. The van der Waals surface area contributed by atoms with Gasteiger partial charge >= 0.3 is 12.0 Å². The number of carbonyl (C=O) groups excluding carboxylic acids is 1. The topological polar surface area (TPSA) is 81.1 Å². The van der Waals surface area contributed by atoms with Crippen molar-refractivity contribution in [3.8, 4) is 0 Å². The molecule has 0 spiro atoms. The molecule has 0 saturated carbocycles. The molecular weight excluding hydrogens is 296 g/mol. The predicted octanol–water partition coefficient (Wildman–Crippen LogP) is 1.41. The van der Waals surface area contributed by atoms with Crippen LogP contribution < -0.4 is 0 Å². The number of carbonyl (C=O) groups is 2. The summed E-state index contributed by atoms with van der Waals surface area (Å²) in [6, 6.07) is 5.72. The number of hydrogen-bond acceptors (Lipinski definition) is 3. The number of benzene rings is 1. The fourth-order valence-corrected chi connectivity index (χ4v) is 2.67. The summed E-state index contributed by atoms with van der Waals surface area (Å²) < 4.78 is 0. The van der Waals surface area contributed by atoms with Gasteiger partial charge < -0.3 is 20.0 Å². The predicted molar refractivity (Wildman–Crippen MR) is 77.1 cm³/mol. The minimum atomic E-state index is -1.10. The number of amides is 2. The Hall–Kier alpha value is -1.79. The molecule has 6 nitrogen and oxygen atoms in total. The van der Waals surface area contributed by atoms with Gasteiger partial charge in [0, 0.05) is 31.6 Å². The monoisotopic (exact) mass is 312 g/mol. The third-order valence-electron chi connectivity index (χ3n) is 3.45. The molecule has 2 amide bonds. The van der Waals surface area contributed by atoms with E-state index in [1.165, 1.54) is 9.80 Å². The summed E-state index contributed by atoms with van der Waals surface area (Å²) >= 11 is 5.89. The van der Waals surface area contributed by atoms with E-state index in [-0.39, 0.29) is 13.0 Å². The summed E-state index contributed by atoms with van der Waals surface area (Å²) in [5.74, 6) is -1.10. The molecule has 0 aromatic heterocycles. The zero-order valence-electron chi connectivity index (χ0n) is 11.6. The van der Waals surface area contributed by atoms with Gasteiger partial charge in [0.2, 0.25) is 0 Å². The molecule has 7 heteroatoms. The van der Waals surface area contributed by atoms with E-state index in [0.717, 1.165) is 5.56 Å². The molecule has 1 aromatic carbocycles. The number of halogens is 1. The van der Waals surface area contributed by atoms with E-state index < -0.39 is 24.1 Å². The molecule has 2 rings (SSSR count). The van der Waals surface area contributed by atoms with Crippen LogP contribution in [0.2, 0.25) is 5.02 Å². The third kappa shape index (κ3) is 3.65. The molecular formula is C14H17ClN2O4. The van der Waals surface area contributed by atoms with Crippen LogP contribution in [0.15, 0.2) is 24.3 Å². The summed E-state index contributed by atoms with van der Waals surface area (Å²) in [6.45, 7) is 0.355. The van der Waals surface area contributed by atoms with Gasteiger partial charge in [0.1, 0.15) is 6.04 Å². The lowest BCUT2D eigenvalue weighted by Crippen LogP contribution is -2.46. The van der Waals surface area contributed by atoms with Crippen molar-refractivity contribution in [1.82, 2.24) is 9.80 Å². The third-order valence-corrected chi connectivity index (χ3v) is 3.68. The molecule has 1 aromatic rings. The average molecular weight is 313 g/mol. The summed E-state index contributed by atoms with van der Waals surface area (Å²) in [5, 5.41) is 19.3. The van der Waals surface area contributed by atoms with Crippen molar-refractivity contribution < 1.29 is 19.8 Å². The quantitative estimate of drug-likeness (QED) is 0.884. The van der Waals surface area contributed by atoms with Gasteiger partial charge in [-0.1, -0.05) is 23.7 Å². The van der Waals surface area contributed by atoms with Gasteiger partial charge in [-0.15, -0.1) is 0 Å². The van der Waals surface area contributed by atoms with Crippen LogP contribution in [-0.4, -0.2) is 57.8 Å². The van der Waals surface area contributed by atoms with Crippen LogP contribution in [-0.2, 0) is 11.3 Å². The number of β-amino-alcohol motifs (C(OH)–C–C–N with tert-alkyl or cyclic N) is 1. The molecule has 2 N–H and O–H groups in total. The van der Waals surface area contributed by atoms with Crippen LogP contribution in [0.5, 0.6) is 0 Å². The summed E-state index contributed by atoms with van der Waals surface area (Å²) in [6.07, 6.45) is -0.735. The van der Waals surface area contributed by atoms with Crippen LogP contribution >= 0.6 is 11.6 Å². The summed E-state index contributed by atoms with van der Waals surface area (Å²) in [5.41, 5.74) is 0.852. The van der Waals surface area contributed by atoms with E-state index in [4.69, 9.17) is 16.7 Å². The van der Waals surface area contributed by atoms with Crippen molar-refractivity contribution in [2.75, 3.05) is 13.6 Å². The molecule has 1 aliphatic heterocycles. The second kappa shape index (κ2) is 6.32. The average Bonchev–Trinajstić information content (AvgIpc) is 2.80. The molecule has 0 aliphatic carbocycles. The number of aliphatic hydroxyl groups is 1. The first-order chi connectivity index (χ1) is 9.88. The maximum Gasteiger partial charge on any atom is 0.326 e. The van der Waals surface area contributed by atoms with E-state index in [2.05, 4.69) is 0 Å². The number of carboxylic acids is 1. The molecule has 1 saturated heterocycles. The fraction of sp³-hybridized carbons (Fsp3) is 0.429. The first kappa shape index (κ1) is 15.6. The molecule has 1 heterocycles. The van der Waals surface area contributed by atoms with Crippen molar-refractivity contribution in [3.63, 3.8) is 0 Å². The Morgan fingerprint density at radius 3 is 2.81 bits per heavy atom. The first-order valence-corrected chi connectivity index (χ1v) is 6.93. The molecule has 2 atom stereocenters. The maximum atomic E-state index is 12.3. The van der Waals surface area contributed by atoms with Gasteiger partial charge in [0.05, 0.1) is 6.10 Å². The lowest BCUT2D eigenvalue weighted by atomic mass is 10.2. The highest BCUT2D eigenvalue weighted by atomic mass is 35.5. The number of hydrogen-bond donors (Lipinski definition) is 2. The van der Waals surface area contributed by atoms with Crippen LogP contribution in [0.3, 0.4) is 0 Å². The molecule has 0 unspecified atom stereocenters. The zero-order chi connectivity index (χ0) is 15.6. The summed E-state index contributed by atoms with van der Waals surface area (Å²) in [4.78, 5) is 26.1. The van der Waals surface area contributed by atoms with E-state index in [1.54, 1.807) is 25.2 Å².